The predicted molar refractivity (Wildman–Crippen MR) is 62.1 cm³/mol. The zero-order valence-electron chi connectivity index (χ0n) is 9.54. The third kappa shape index (κ3) is 2.12. The van der Waals surface area contributed by atoms with Gasteiger partial charge in [0.25, 0.3) is 0 Å². The van der Waals surface area contributed by atoms with Crippen molar-refractivity contribution in [3.05, 3.63) is 46.0 Å². The van der Waals surface area contributed by atoms with Gasteiger partial charge >= 0.3 is 0 Å². The van der Waals surface area contributed by atoms with Crippen molar-refractivity contribution in [2.45, 2.75) is 26.2 Å². The van der Waals surface area contributed by atoms with Crippen molar-refractivity contribution in [1.29, 1.82) is 0 Å². The smallest absolute Gasteiger partial charge is 0.159 e. The first-order valence-electron chi connectivity index (χ1n) is 5.69. The topological polar surface area (TPSA) is 29.4 Å². The molecule has 0 heterocycles. The molecule has 0 amide bonds. The van der Waals surface area contributed by atoms with E-state index in [1.807, 2.05) is 6.92 Å². The summed E-state index contributed by atoms with van der Waals surface area (Å²) in [4.78, 5) is 10.7. The summed E-state index contributed by atoms with van der Waals surface area (Å²) in [6.07, 6.45) is 2.34. The molecule has 1 atom stereocenters. The summed E-state index contributed by atoms with van der Waals surface area (Å²) in [7, 11) is 0. The van der Waals surface area contributed by atoms with E-state index >= 15 is 0 Å². The van der Waals surface area contributed by atoms with E-state index in [1.54, 1.807) is 0 Å². The van der Waals surface area contributed by atoms with Crippen LogP contribution < -0.4 is 0 Å². The van der Waals surface area contributed by atoms with E-state index in [0.29, 0.717) is 17.7 Å². The lowest BCUT2D eigenvalue weighted by Crippen LogP contribution is -1.98. The number of allylic oxidation sites excluding steroid dienone is 2. The van der Waals surface area contributed by atoms with Gasteiger partial charge in [-0.25, -0.2) is 8.78 Å². The number of nitrogens with zero attached hydrogens (tertiary/aromatic N) is 1. The van der Waals surface area contributed by atoms with Crippen molar-refractivity contribution >= 4 is 5.57 Å². The van der Waals surface area contributed by atoms with Gasteiger partial charge < -0.3 is 0 Å². The van der Waals surface area contributed by atoms with Crippen LogP contribution >= 0.6 is 0 Å². The van der Waals surface area contributed by atoms with Gasteiger partial charge in [0.1, 0.15) is 0 Å². The Morgan fingerprint density at radius 3 is 2.71 bits per heavy atom. The maximum absolute atomic E-state index is 13.2. The third-order valence-corrected chi connectivity index (χ3v) is 3.28. The van der Waals surface area contributed by atoms with Crippen molar-refractivity contribution < 1.29 is 8.78 Å². The second-order valence-corrected chi connectivity index (χ2v) is 4.22. The molecule has 0 radical (unpaired) electrons. The number of halogens is 2. The second-order valence-electron chi connectivity index (χ2n) is 4.22. The first kappa shape index (κ1) is 11.9. The van der Waals surface area contributed by atoms with Crippen LogP contribution in [0.3, 0.4) is 0 Å². The minimum absolute atomic E-state index is 0.215. The molecule has 0 fully saturated rings. The molecule has 1 unspecified atom stereocenters. The fourth-order valence-corrected chi connectivity index (χ4v) is 2.39. The average Bonchev–Trinajstić information content (AvgIpc) is 2.75. The summed E-state index contributed by atoms with van der Waals surface area (Å²) in [5.41, 5.74) is 1.83. The van der Waals surface area contributed by atoms with Crippen molar-refractivity contribution in [3.8, 4) is 0 Å². The first-order chi connectivity index (χ1) is 8.17. The highest BCUT2D eigenvalue weighted by atomic mass is 19.2. The Hall–Kier alpha value is -1.58. The zero-order valence-corrected chi connectivity index (χ0v) is 9.54. The van der Waals surface area contributed by atoms with Gasteiger partial charge in [-0.3, -0.25) is 0 Å². The average molecular weight is 237 g/mol. The fraction of sp³-hybridized carbons (Fsp3) is 0.385. The van der Waals surface area contributed by atoms with Crippen molar-refractivity contribution in [2.75, 3.05) is 0 Å². The maximum Gasteiger partial charge on any atom is 0.159 e. The van der Waals surface area contributed by atoms with Crippen LogP contribution in [0.4, 0.5) is 8.78 Å². The molecule has 0 N–H and O–H groups in total. The molecule has 0 bridgehead atoms. The molecule has 2 nitrogen and oxygen atoms in total. The molecule has 0 spiro atoms. The van der Waals surface area contributed by atoms with Gasteiger partial charge in [0.2, 0.25) is 0 Å². The van der Waals surface area contributed by atoms with Gasteiger partial charge in [-0.05, 0) is 53.6 Å². The van der Waals surface area contributed by atoms with Crippen molar-refractivity contribution in [2.24, 2.45) is 11.1 Å². The zero-order chi connectivity index (χ0) is 12.4. The Morgan fingerprint density at radius 1 is 1.35 bits per heavy atom. The lowest BCUT2D eigenvalue weighted by molar-refractivity contribution is 0.508. The SMILES string of the molecule is CCC1CCC(N=O)=C1c1ccc(F)c(F)c1. The van der Waals surface area contributed by atoms with Crippen LogP contribution in [0, 0.1) is 22.5 Å². The number of hydrogen-bond acceptors (Lipinski definition) is 2. The van der Waals surface area contributed by atoms with E-state index < -0.39 is 11.6 Å². The van der Waals surface area contributed by atoms with Crippen LogP contribution in [0.25, 0.3) is 5.57 Å². The van der Waals surface area contributed by atoms with E-state index in [0.717, 1.165) is 30.5 Å². The molecule has 0 saturated heterocycles. The number of rotatable bonds is 3. The Balaban J connectivity index is 2.49. The largest absolute Gasteiger partial charge is 0.204 e. The molecule has 0 aliphatic heterocycles. The number of benzene rings is 1. The van der Waals surface area contributed by atoms with Crippen LogP contribution in [-0.4, -0.2) is 0 Å². The van der Waals surface area contributed by atoms with Gasteiger partial charge in [0.15, 0.2) is 11.6 Å². The monoisotopic (exact) mass is 237 g/mol. The summed E-state index contributed by atoms with van der Waals surface area (Å²) < 4.78 is 26.1. The third-order valence-electron chi connectivity index (χ3n) is 3.28. The van der Waals surface area contributed by atoms with E-state index in [9.17, 15) is 13.7 Å². The molecule has 1 aromatic carbocycles. The Bertz CT molecular complexity index is 482. The molecule has 0 saturated carbocycles. The van der Waals surface area contributed by atoms with E-state index in [4.69, 9.17) is 0 Å². The summed E-state index contributed by atoms with van der Waals surface area (Å²) in [6.45, 7) is 2.01. The van der Waals surface area contributed by atoms with Crippen LogP contribution in [0.5, 0.6) is 0 Å². The van der Waals surface area contributed by atoms with Crippen molar-refractivity contribution in [1.82, 2.24) is 0 Å². The quantitative estimate of drug-likeness (QED) is 0.722. The first-order valence-corrected chi connectivity index (χ1v) is 5.69. The highest BCUT2D eigenvalue weighted by Gasteiger charge is 2.26. The van der Waals surface area contributed by atoms with Gasteiger partial charge in [-0.15, -0.1) is 4.91 Å². The molecule has 90 valence electrons. The maximum atomic E-state index is 13.2. The predicted octanol–water partition coefficient (Wildman–Crippen LogP) is 4.26. The van der Waals surface area contributed by atoms with Crippen molar-refractivity contribution in [3.63, 3.8) is 0 Å². The lowest BCUT2D eigenvalue weighted by atomic mass is 9.92. The van der Waals surface area contributed by atoms with E-state index in [2.05, 4.69) is 5.18 Å². The summed E-state index contributed by atoms with van der Waals surface area (Å²) in [5.74, 6) is -1.55. The Labute approximate surface area is 98.3 Å². The minimum Gasteiger partial charge on any atom is -0.204 e. The normalized spacial score (nSPS) is 19.8. The summed E-state index contributed by atoms with van der Waals surface area (Å²) >= 11 is 0. The summed E-state index contributed by atoms with van der Waals surface area (Å²) in [6, 6.07) is 3.74. The highest BCUT2D eigenvalue weighted by Crippen LogP contribution is 2.41. The molecular formula is C13H13F2NO. The molecule has 1 aliphatic rings. The van der Waals surface area contributed by atoms with E-state index in [1.165, 1.54) is 6.07 Å². The summed E-state index contributed by atoms with van der Waals surface area (Å²) in [5, 5.41) is 3.01. The van der Waals surface area contributed by atoms with Crippen LogP contribution in [0.15, 0.2) is 29.1 Å². The fourth-order valence-electron chi connectivity index (χ4n) is 2.39. The van der Waals surface area contributed by atoms with Gasteiger partial charge in [-0.1, -0.05) is 13.0 Å². The van der Waals surface area contributed by atoms with E-state index in [-0.39, 0.29) is 5.92 Å². The molecule has 0 aromatic heterocycles. The lowest BCUT2D eigenvalue weighted by Gasteiger charge is -2.12. The van der Waals surface area contributed by atoms with Crippen LogP contribution in [0.1, 0.15) is 31.7 Å². The molecule has 17 heavy (non-hydrogen) atoms. The van der Waals surface area contributed by atoms with Gasteiger partial charge in [0.05, 0.1) is 5.70 Å². The molecular weight excluding hydrogens is 224 g/mol. The van der Waals surface area contributed by atoms with Gasteiger partial charge in [0, 0.05) is 0 Å². The standard InChI is InChI=1S/C13H13F2NO/c1-2-8-4-6-12(16-17)13(8)9-3-5-10(14)11(15)7-9/h3,5,7-8H,2,4,6H2,1H3. The Kier molecular flexibility index (Phi) is 3.31. The van der Waals surface area contributed by atoms with Crippen LogP contribution in [-0.2, 0) is 0 Å². The van der Waals surface area contributed by atoms with Crippen LogP contribution in [0.2, 0.25) is 0 Å². The molecule has 4 heteroatoms. The second kappa shape index (κ2) is 4.73. The highest BCUT2D eigenvalue weighted by molar-refractivity contribution is 5.72. The number of nitroso groups, excluding NO2 is 1. The Morgan fingerprint density at radius 2 is 2.12 bits per heavy atom. The van der Waals surface area contributed by atoms with Gasteiger partial charge in [-0.2, -0.15) is 0 Å². The number of hydrogen-bond donors (Lipinski definition) is 0. The molecule has 1 aromatic rings. The molecule has 1 aliphatic carbocycles. The minimum atomic E-state index is -0.887. The molecule has 2 rings (SSSR count).